The first-order chi connectivity index (χ1) is 13.3. The second-order valence-corrected chi connectivity index (χ2v) is 7.49. The average Bonchev–Trinajstić information content (AvgIpc) is 2.73. The maximum atomic E-state index is 13.0. The Hall–Kier alpha value is -2.13. The monoisotopic (exact) mass is 365 g/mol. The minimum atomic E-state index is -0.375. The molecule has 2 aromatic carbocycles. The van der Waals surface area contributed by atoms with Crippen LogP contribution in [0.25, 0.3) is 0 Å². The molecule has 3 rings (SSSR count). The van der Waals surface area contributed by atoms with Crippen LogP contribution >= 0.6 is 0 Å². The predicted octanol–water partition coefficient (Wildman–Crippen LogP) is 5.06. The van der Waals surface area contributed by atoms with Gasteiger partial charge in [0.1, 0.15) is 12.5 Å². The van der Waals surface area contributed by atoms with Gasteiger partial charge in [0.25, 0.3) is 0 Å². The number of carbonyl (C=O) groups is 1. The molecule has 144 valence electrons. The topological polar surface area (TPSA) is 38.3 Å². The third-order valence-electron chi connectivity index (χ3n) is 5.50. The van der Waals surface area contributed by atoms with Gasteiger partial charge < -0.3 is 10.1 Å². The molecular weight excluding hydrogens is 334 g/mol. The summed E-state index contributed by atoms with van der Waals surface area (Å²) in [5.41, 5.74) is 1.95. The molecule has 0 heterocycles. The van der Waals surface area contributed by atoms with Gasteiger partial charge in [0.2, 0.25) is 0 Å². The smallest absolute Gasteiger partial charge is 0.317 e. The first-order valence-corrected chi connectivity index (χ1v) is 10.3. The summed E-state index contributed by atoms with van der Waals surface area (Å²) in [6.07, 6.45) is 7.39. The molecule has 0 spiro atoms. The van der Waals surface area contributed by atoms with Crippen LogP contribution in [0.4, 0.5) is 0 Å². The number of carbonyl (C=O) groups excluding carboxylic acids is 1. The van der Waals surface area contributed by atoms with Crippen molar-refractivity contribution in [1.29, 1.82) is 0 Å². The molecule has 0 bridgehead atoms. The van der Waals surface area contributed by atoms with Crippen LogP contribution in [-0.2, 0) is 9.53 Å². The van der Waals surface area contributed by atoms with Crippen LogP contribution < -0.4 is 5.32 Å². The third-order valence-corrected chi connectivity index (χ3v) is 5.50. The lowest BCUT2D eigenvalue weighted by molar-refractivity contribution is -0.145. The molecule has 0 aliphatic heterocycles. The lowest BCUT2D eigenvalue weighted by Crippen LogP contribution is -2.42. The molecule has 27 heavy (non-hydrogen) atoms. The Balaban J connectivity index is 1.65. The van der Waals surface area contributed by atoms with E-state index in [0.717, 1.165) is 17.5 Å². The fraction of sp³-hybridized carbons (Fsp3) is 0.458. The van der Waals surface area contributed by atoms with Gasteiger partial charge in [-0.15, -0.1) is 0 Å². The van der Waals surface area contributed by atoms with Crippen molar-refractivity contribution in [3.05, 3.63) is 71.8 Å². The van der Waals surface area contributed by atoms with Crippen molar-refractivity contribution in [3.8, 4) is 0 Å². The van der Waals surface area contributed by atoms with Gasteiger partial charge in [0.05, 0.1) is 0 Å². The van der Waals surface area contributed by atoms with Crippen LogP contribution in [0.3, 0.4) is 0 Å². The summed E-state index contributed by atoms with van der Waals surface area (Å²) < 4.78 is 5.81. The van der Waals surface area contributed by atoms with Crippen LogP contribution in [0.15, 0.2) is 60.7 Å². The lowest BCUT2D eigenvalue weighted by atomic mass is 9.91. The number of hydrogen-bond acceptors (Lipinski definition) is 3. The molecule has 0 aromatic heterocycles. The van der Waals surface area contributed by atoms with Gasteiger partial charge in [-0.2, -0.15) is 0 Å². The first kappa shape index (κ1) is 19.6. The Morgan fingerprint density at radius 3 is 2.04 bits per heavy atom. The van der Waals surface area contributed by atoms with Crippen LogP contribution in [0.1, 0.15) is 62.5 Å². The highest BCUT2D eigenvalue weighted by Gasteiger charge is 2.25. The molecule has 0 amide bonds. The second-order valence-electron chi connectivity index (χ2n) is 7.49. The maximum absolute atomic E-state index is 13.0. The molecule has 1 atom stereocenters. The van der Waals surface area contributed by atoms with E-state index in [0.29, 0.717) is 12.6 Å². The number of hydrogen-bond donors (Lipinski definition) is 1. The van der Waals surface area contributed by atoms with Crippen LogP contribution in [0.5, 0.6) is 0 Å². The molecule has 1 fully saturated rings. The standard InChI is InChI=1S/C24H31NO2/c1-2-21(25-22-16-10-5-11-17-22)18-27-24(26)23(19-12-6-3-7-13-19)20-14-8-4-9-15-20/h3-4,6-9,12-15,21-23,25H,2,5,10-11,16-18H2,1H3. The number of rotatable bonds is 8. The molecule has 1 saturated carbocycles. The maximum Gasteiger partial charge on any atom is 0.317 e. The number of benzene rings is 2. The van der Waals surface area contributed by atoms with Crippen LogP contribution in [0.2, 0.25) is 0 Å². The van der Waals surface area contributed by atoms with Crippen LogP contribution in [0, 0.1) is 0 Å². The Morgan fingerprint density at radius 1 is 0.963 bits per heavy atom. The average molecular weight is 366 g/mol. The Kier molecular flexibility index (Phi) is 7.46. The van der Waals surface area contributed by atoms with Crippen molar-refractivity contribution < 1.29 is 9.53 Å². The van der Waals surface area contributed by atoms with E-state index in [1.165, 1.54) is 32.1 Å². The zero-order valence-electron chi connectivity index (χ0n) is 16.3. The molecule has 2 aromatic rings. The van der Waals surface area contributed by atoms with Gasteiger partial charge in [-0.3, -0.25) is 4.79 Å². The molecule has 1 N–H and O–H groups in total. The zero-order chi connectivity index (χ0) is 18.9. The van der Waals surface area contributed by atoms with Crippen molar-refractivity contribution in [2.75, 3.05) is 6.61 Å². The SMILES string of the molecule is CCC(COC(=O)C(c1ccccc1)c1ccccc1)NC1CCCCC1. The third kappa shape index (κ3) is 5.67. The van der Waals surface area contributed by atoms with Crippen molar-refractivity contribution >= 4 is 5.97 Å². The van der Waals surface area contributed by atoms with Crippen molar-refractivity contribution in [3.63, 3.8) is 0 Å². The fourth-order valence-electron chi connectivity index (χ4n) is 3.91. The fourth-order valence-corrected chi connectivity index (χ4v) is 3.91. The Morgan fingerprint density at radius 2 is 1.52 bits per heavy atom. The molecule has 1 unspecified atom stereocenters. The van der Waals surface area contributed by atoms with E-state index >= 15 is 0 Å². The van der Waals surface area contributed by atoms with Crippen molar-refractivity contribution in [2.45, 2.75) is 63.5 Å². The largest absolute Gasteiger partial charge is 0.463 e. The van der Waals surface area contributed by atoms with E-state index in [1.807, 2.05) is 60.7 Å². The zero-order valence-corrected chi connectivity index (χ0v) is 16.3. The van der Waals surface area contributed by atoms with Gasteiger partial charge in [0.15, 0.2) is 0 Å². The minimum absolute atomic E-state index is 0.170. The van der Waals surface area contributed by atoms with E-state index in [9.17, 15) is 4.79 Å². The summed E-state index contributed by atoms with van der Waals surface area (Å²) in [6.45, 7) is 2.59. The summed E-state index contributed by atoms with van der Waals surface area (Å²) in [5, 5.41) is 3.70. The highest BCUT2D eigenvalue weighted by atomic mass is 16.5. The highest BCUT2D eigenvalue weighted by molar-refractivity contribution is 5.82. The summed E-state index contributed by atoms with van der Waals surface area (Å²) in [4.78, 5) is 13.0. The quantitative estimate of drug-likeness (QED) is 0.664. The lowest BCUT2D eigenvalue weighted by Gasteiger charge is -2.28. The van der Waals surface area contributed by atoms with Gasteiger partial charge in [-0.05, 0) is 30.4 Å². The normalized spacial score (nSPS) is 16.2. The molecule has 1 aliphatic rings. The highest BCUT2D eigenvalue weighted by Crippen LogP contribution is 2.26. The molecule has 3 nitrogen and oxygen atoms in total. The number of nitrogens with one attached hydrogen (secondary N) is 1. The Labute approximate surface area is 163 Å². The summed E-state index contributed by atoms with van der Waals surface area (Å²) in [5.74, 6) is -0.545. The molecule has 1 aliphatic carbocycles. The van der Waals surface area contributed by atoms with Gasteiger partial charge in [0, 0.05) is 12.1 Å². The Bertz CT molecular complexity index is 641. The van der Waals surface area contributed by atoms with Crippen molar-refractivity contribution in [1.82, 2.24) is 5.32 Å². The summed E-state index contributed by atoms with van der Waals surface area (Å²) in [6, 6.07) is 20.6. The van der Waals surface area contributed by atoms with E-state index in [-0.39, 0.29) is 17.9 Å². The van der Waals surface area contributed by atoms with Crippen LogP contribution in [-0.4, -0.2) is 24.7 Å². The van der Waals surface area contributed by atoms with E-state index in [4.69, 9.17) is 4.74 Å². The summed E-state index contributed by atoms with van der Waals surface area (Å²) in [7, 11) is 0. The van der Waals surface area contributed by atoms with Gasteiger partial charge in [-0.25, -0.2) is 0 Å². The van der Waals surface area contributed by atoms with Gasteiger partial charge >= 0.3 is 5.97 Å². The molecule has 0 radical (unpaired) electrons. The van der Waals surface area contributed by atoms with E-state index in [2.05, 4.69) is 12.2 Å². The van der Waals surface area contributed by atoms with Gasteiger partial charge in [-0.1, -0.05) is 86.8 Å². The number of ether oxygens (including phenoxy) is 1. The summed E-state index contributed by atoms with van der Waals surface area (Å²) >= 11 is 0. The molecule has 0 saturated heterocycles. The number of esters is 1. The van der Waals surface area contributed by atoms with Crippen molar-refractivity contribution in [2.24, 2.45) is 0 Å². The predicted molar refractivity (Wildman–Crippen MR) is 110 cm³/mol. The van der Waals surface area contributed by atoms with E-state index < -0.39 is 0 Å². The van der Waals surface area contributed by atoms with E-state index in [1.54, 1.807) is 0 Å². The minimum Gasteiger partial charge on any atom is -0.463 e. The first-order valence-electron chi connectivity index (χ1n) is 10.3. The second kappa shape index (κ2) is 10.3. The molecule has 3 heteroatoms. The molecular formula is C24H31NO2.